The Morgan fingerprint density at radius 1 is 1.03 bits per heavy atom. The molecule has 1 aromatic heterocycles. The van der Waals surface area contributed by atoms with Gasteiger partial charge in [-0.2, -0.15) is 18.4 Å². The molecule has 3 N–H and O–H groups in total. The normalized spacial score (nSPS) is 23.6. The molecule has 4 fully saturated rings. The van der Waals surface area contributed by atoms with Gasteiger partial charge in [-0.25, -0.2) is 4.98 Å². The van der Waals surface area contributed by atoms with Crippen molar-refractivity contribution in [3.63, 3.8) is 0 Å². The first kappa shape index (κ1) is 42.7. The van der Waals surface area contributed by atoms with Gasteiger partial charge in [0, 0.05) is 60.8 Å². The number of anilines is 4. The highest BCUT2D eigenvalue weighted by molar-refractivity contribution is 7.81. The summed E-state index contributed by atoms with van der Waals surface area (Å²) >= 11 is 4.74. The Kier molecular flexibility index (Phi) is 12.1. The fourth-order valence-electron chi connectivity index (χ4n) is 8.34. The molecule has 1 saturated carbocycles. The Morgan fingerprint density at radius 3 is 2.42 bits per heavy atom. The molecule has 0 bridgehead atoms. The van der Waals surface area contributed by atoms with Crippen LogP contribution < -0.4 is 30.5 Å². The van der Waals surface area contributed by atoms with Gasteiger partial charge in [-0.3, -0.25) is 39.2 Å². The summed E-state index contributed by atoms with van der Waals surface area (Å²) in [7, 11) is 0. The number of hydrogen-bond donors (Lipinski definition) is 4. The van der Waals surface area contributed by atoms with Crippen LogP contribution in [0.3, 0.4) is 0 Å². The van der Waals surface area contributed by atoms with Crippen LogP contribution in [0.4, 0.5) is 35.9 Å². The van der Waals surface area contributed by atoms with Crippen molar-refractivity contribution in [3.05, 3.63) is 71.4 Å². The third kappa shape index (κ3) is 9.03. The van der Waals surface area contributed by atoms with Crippen LogP contribution in [0, 0.1) is 11.3 Å². The minimum Gasteiger partial charge on any atom is -0.476 e. The summed E-state index contributed by atoms with van der Waals surface area (Å²) in [5.74, 6) is -0.556. The molecule has 3 aliphatic heterocycles. The molecule has 4 heterocycles. The molecule has 4 aliphatic rings. The molecule has 2 aromatic carbocycles. The van der Waals surface area contributed by atoms with Crippen molar-refractivity contribution in [2.45, 2.75) is 94.6 Å². The first-order chi connectivity index (χ1) is 28.4. The van der Waals surface area contributed by atoms with Gasteiger partial charge in [-0.05, 0) is 95.3 Å². The molecular formula is C42H48F3N9O5S. The fraction of sp³-hybridized carbons (Fsp3) is 0.476. The number of aromatic nitrogens is 1. The molecular weight excluding hydrogens is 800 g/mol. The second-order valence-corrected chi connectivity index (χ2v) is 16.9. The standard InChI is InChI=1S/C42H48F3N9O5S/c1-24-21-51(22-25(2)52(24)23-36(56)49-29-7-5-6-28(16-29)48-34-12-13-35(55)50-37(34)57)14-15-59-38-32(26-8-9-26)17-31(20-47-38)54-40(60)53(39(58)41(54,3)4)30-11-10-27(19-46)33(18-30)42(43,44)45/h5-7,10-11,16-18,20,24-26,34,40,48,60H,8-9,12-15,21-23H2,1-4H3,(H,49,56)(H,50,55,57)/t24-,25+,34?,40?. The maximum Gasteiger partial charge on any atom is 0.417 e. The average molecular weight is 848 g/mol. The Balaban J connectivity index is 0.945. The fourth-order valence-corrected chi connectivity index (χ4v) is 9.00. The van der Waals surface area contributed by atoms with Crippen molar-refractivity contribution in [2.75, 3.05) is 53.2 Å². The third-order valence-electron chi connectivity index (χ3n) is 11.5. The lowest BCUT2D eigenvalue weighted by atomic mass is 10.0. The van der Waals surface area contributed by atoms with E-state index in [-0.39, 0.29) is 54.4 Å². The van der Waals surface area contributed by atoms with Gasteiger partial charge in [0.25, 0.3) is 5.91 Å². The van der Waals surface area contributed by atoms with E-state index < -0.39 is 40.3 Å². The number of pyridine rings is 1. The van der Waals surface area contributed by atoms with Crippen molar-refractivity contribution >= 4 is 59.0 Å². The highest BCUT2D eigenvalue weighted by atomic mass is 32.1. The van der Waals surface area contributed by atoms with Crippen LogP contribution >= 0.6 is 12.6 Å². The van der Waals surface area contributed by atoms with Crippen molar-refractivity contribution in [2.24, 2.45) is 0 Å². The number of piperidine rings is 1. The smallest absolute Gasteiger partial charge is 0.417 e. The van der Waals surface area contributed by atoms with Crippen LogP contribution in [0.5, 0.6) is 5.88 Å². The van der Waals surface area contributed by atoms with E-state index in [2.05, 4.69) is 39.6 Å². The molecule has 4 atom stereocenters. The number of amides is 4. The summed E-state index contributed by atoms with van der Waals surface area (Å²) in [6.07, 6.45) is -0.641. The number of carbonyl (C=O) groups excluding carboxylic acids is 4. The summed E-state index contributed by atoms with van der Waals surface area (Å²) in [6, 6.07) is 13.5. The molecule has 60 heavy (non-hydrogen) atoms. The SMILES string of the molecule is C[C@@H]1CN(CCOc2ncc(N3C(S)N(c4ccc(C#N)c(C(F)(F)F)c4)C(=O)C3(C)C)cc2C2CC2)C[C@H](C)N1CC(=O)Nc1cccc(NC2CCC(=O)NC2=O)c1. The number of thiol groups is 1. The second kappa shape index (κ2) is 16.9. The maximum atomic E-state index is 13.8. The van der Waals surface area contributed by atoms with Crippen LogP contribution in [0.25, 0.3) is 0 Å². The summed E-state index contributed by atoms with van der Waals surface area (Å²) in [5.41, 5.74) is -1.11. The molecule has 4 amide bonds. The molecule has 18 heteroatoms. The van der Waals surface area contributed by atoms with Gasteiger partial charge < -0.3 is 20.3 Å². The number of hydrogen-bond acceptors (Lipinski definition) is 12. The molecule has 0 radical (unpaired) electrons. The van der Waals surface area contributed by atoms with E-state index in [1.165, 1.54) is 11.0 Å². The molecule has 318 valence electrons. The number of imide groups is 1. The summed E-state index contributed by atoms with van der Waals surface area (Å²) in [4.78, 5) is 62.8. The summed E-state index contributed by atoms with van der Waals surface area (Å²) in [5, 5.41) is 17.7. The van der Waals surface area contributed by atoms with Crippen LogP contribution in [0.15, 0.2) is 54.7 Å². The zero-order valence-corrected chi connectivity index (χ0v) is 34.6. The van der Waals surface area contributed by atoms with E-state index >= 15 is 0 Å². The van der Waals surface area contributed by atoms with E-state index in [1.807, 2.05) is 6.07 Å². The third-order valence-corrected chi connectivity index (χ3v) is 12.0. The number of alkyl halides is 3. The molecule has 14 nitrogen and oxygen atoms in total. The minimum atomic E-state index is -4.79. The van der Waals surface area contributed by atoms with Crippen LogP contribution in [0.1, 0.15) is 76.0 Å². The summed E-state index contributed by atoms with van der Waals surface area (Å²) in [6.45, 7) is 10.2. The number of carbonyl (C=O) groups is 4. The van der Waals surface area contributed by atoms with Gasteiger partial charge in [0.2, 0.25) is 23.6 Å². The topological polar surface area (TPSA) is 163 Å². The lowest BCUT2D eigenvalue weighted by Gasteiger charge is -2.44. The number of piperazine rings is 1. The lowest BCUT2D eigenvalue weighted by Crippen LogP contribution is -2.58. The van der Waals surface area contributed by atoms with E-state index in [1.54, 1.807) is 55.3 Å². The number of halogens is 3. The molecule has 1 aliphatic carbocycles. The zero-order valence-electron chi connectivity index (χ0n) is 33.8. The van der Waals surface area contributed by atoms with Crippen LogP contribution in [0.2, 0.25) is 0 Å². The maximum absolute atomic E-state index is 13.8. The number of benzene rings is 2. The lowest BCUT2D eigenvalue weighted by molar-refractivity contribution is -0.138. The van der Waals surface area contributed by atoms with Gasteiger partial charge in [0.15, 0.2) is 5.50 Å². The molecule has 2 unspecified atom stereocenters. The quantitative estimate of drug-likeness (QED) is 0.138. The van der Waals surface area contributed by atoms with E-state index in [0.29, 0.717) is 42.5 Å². The number of nitrogens with one attached hydrogen (secondary N) is 3. The van der Waals surface area contributed by atoms with Crippen molar-refractivity contribution in [3.8, 4) is 11.9 Å². The molecule has 3 saturated heterocycles. The number of nitrogens with zero attached hydrogens (tertiary/aromatic N) is 6. The van der Waals surface area contributed by atoms with E-state index in [9.17, 15) is 37.6 Å². The van der Waals surface area contributed by atoms with E-state index in [4.69, 9.17) is 22.3 Å². The molecule has 7 rings (SSSR count). The van der Waals surface area contributed by atoms with Gasteiger partial charge in [-0.1, -0.05) is 6.07 Å². The predicted molar refractivity (Wildman–Crippen MR) is 222 cm³/mol. The van der Waals surface area contributed by atoms with Gasteiger partial charge >= 0.3 is 6.18 Å². The minimum absolute atomic E-state index is 0.0196. The second-order valence-electron chi connectivity index (χ2n) is 16.4. The number of ether oxygens (including phenoxy) is 1. The molecule has 3 aromatic rings. The molecule has 0 spiro atoms. The Hall–Kier alpha value is -5.38. The highest BCUT2D eigenvalue weighted by Gasteiger charge is 2.52. The van der Waals surface area contributed by atoms with Gasteiger partial charge in [-0.15, -0.1) is 12.6 Å². The highest BCUT2D eigenvalue weighted by Crippen LogP contribution is 2.47. The average Bonchev–Trinajstić information content (AvgIpc) is 4.01. The monoisotopic (exact) mass is 847 g/mol. The Bertz CT molecular complexity index is 2200. The zero-order chi connectivity index (χ0) is 43.1. The van der Waals surface area contributed by atoms with Gasteiger partial charge in [0.1, 0.15) is 18.2 Å². The van der Waals surface area contributed by atoms with Crippen LogP contribution in [-0.2, 0) is 25.4 Å². The Labute approximate surface area is 351 Å². The van der Waals surface area contributed by atoms with Gasteiger partial charge in [0.05, 0.1) is 35.6 Å². The van der Waals surface area contributed by atoms with E-state index in [0.717, 1.165) is 43.6 Å². The van der Waals surface area contributed by atoms with Crippen molar-refractivity contribution < 1.29 is 37.1 Å². The largest absolute Gasteiger partial charge is 0.476 e. The number of nitriles is 1. The first-order valence-corrected chi connectivity index (χ1v) is 20.5. The predicted octanol–water partition coefficient (Wildman–Crippen LogP) is 5.32. The Morgan fingerprint density at radius 2 is 1.75 bits per heavy atom. The summed E-state index contributed by atoms with van der Waals surface area (Å²) < 4.78 is 47.8. The van der Waals surface area contributed by atoms with Crippen molar-refractivity contribution in [1.29, 1.82) is 5.26 Å². The van der Waals surface area contributed by atoms with Crippen molar-refractivity contribution in [1.82, 2.24) is 20.1 Å². The number of rotatable bonds is 12. The van der Waals surface area contributed by atoms with Crippen LogP contribution in [-0.4, -0.2) is 100 Å². The first-order valence-electron chi connectivity index (χ1n) is 20.0.